The van der Waals surface area contributed by atoms with Crippen molar-refractivity contribution in [3.8, 4) is 5.75 Å². The van der Waals surface area contributed by atoms with E-state index in [0.717, 1.165) is 43.2 Å². The van der Waals surface area contributed by atoms with Crippen LogP contribution in [-0.2, 0) is 19.4 Å². The van der Waals surface area contributed by atoms with Crippen molar-refractivity contribution < 1.29 is 4.74 Å². The number of rotatable bonds is 9. The summed E-state index contributed by atoms with van der Waals surface area (Å²) < 4.78 is 5.66. The molecule has 1 heterocycles. The fourth-order valence-electron chi connectivity index (χ4n) is 2.35. The monoisotopic (exact) mass is 360 g/mol. The van der Waals surface area contributed by atoms with E-state index < -0.39 is 0 Å². The summed E-state index contributed by atoms with van der Waals surface area (Å²) in [5.74, 6) is 1.72. The number of guanidine groups is 1. The second-order valence-electron chi connectivity index (χ2n) is 5.49. The molecular weight excluding hydrogens is 332 g/mol. The van der Waals surface area contributed by atoms with Crippen LogP contribution < -0.4 is 15.4 Å². The Kier molecular flexibility index (Phi) is 8.25. The first-order chi connectivity index (χ1) is 12.3. The van der Waals surface area contributed by atoms with E-state index in [2.05, 4.69) is 40.5 Å². The molecule has 25 heavy (non-hydrogen) atoms. The Morgan fingerprint density at radius 1 is 1.20 bits per heavy atom. The SMILES string of the molecule is CCNC(=NCc1ccccc1OCC)NCCc1ncc(CC)s1. The molecule has 0 saturated heterocycles. The van der Waals surface area contributed by atoms with Gasteiger partial charge in [0.2, 0.25) is 0 Å². The predicted octanol–water partition coefficient (Wildman–Crippen LogP) is 3.40. The minimum absolute atomic E-state index is 0.586. The van der Waals surface area contributed by atoms with Crippen LogP contribution in [0.3, 0.4) is 0 Å². The summed E-state index contributed by atoms with van der Waals surface area (Å²) in [5, 5.41) is 7.84. The fourth-order valence-corrected chi connectivity index (χ4v) is 3.21. The molecule has 2 N–H and O–H groups in total. The van der Waals surface area contributed by atoms with Gasteiger partial charge in [0.25, 0.3) is 0 Å². The van der Waals surface area contributed by atoms with Crippen molar-refractivity contribution >= 4 is 17.3 Å². The highest BCUT2D eigenvalue weighted by Crippen LogP contribution is 2.18. The van der Waals surface area contributed by atoms with Crippen LogP contribution in [0.25, 0.3) is 0 Å². The number of hydrogen-bond donors (Lipinski definition) is 2. The number of hydrogen-bond acceptors (Lipinski definition) is 4. The molecule has 2 aromatic rings. The molecule has 0 radical (unpaired) electrons. The highest BCUT2D eigenvalue weighted by atomic mass is 32.1. The molecule has 0 fully saturated rings. The lowest BCUT2D eigenvalue weighted by Crippen LogP contribution is -2.38. The molecule has 0 spiro atoms. The maximum atomic E-state index is 5.66. The standard InChI is InChI=1S/C19H28N4OS/c1-4-16-14-22-18(25-16)11-12-21-19(20-5-2)23-13-15-9-7-8-10-17(15)24-6-3/h7-10,14H,4-6,11-13H2,1-3H3,(H2,20,21,23). The highest BCUT2D eigenvalue weighted by Gasteiger charge is 2.04. The number of thiazole rings is 1. The molecule has 136 valence electrons. The molecule has 0 unspecified atom stereocenters. The Morgan fingerprint density at radius 2 is 2.04 bits per heavy atom. The first kappa shape index (κ1) is 19.2. The minimum Gasteiger partial charge on any atom is -0.494 e. The van der Waals surface area contributed by atoms with Crippen LogP contribution in [0.1, 0.15) is 36.2 Å². The average Bonchev–Trinajstić information content (AvgIpc) is 3.09. The molecule has 0 aliphatic heterocycles. The van der Waals surface area contributed by atoms with E-state index in [0.29, 0.717) is 13.2 Å². The zero-order chi connectivity index (χ0) is 17.9. The second-order valence-corrected chi connectivity index (χ2v) is 6.69. The summed E-state index contributed by atoms with van der Waals surface area (Å²) in [6.45, 7) is 9.11. The molecule has 0 amide bonds. The van der Waals surface area contributed by atoms with E-state index in [9.17, 15) is 0 Å². The maximum Gasteiger partial charge on any atom is 0.191 e. The van der Waals surface area contributed by atoms with Gasteiger partial charge in [-0.1, -0.05) is 25.1 Å². The van der Waals surface area contributed by atoms with Gasteiger partial charge in [0.1, 0.15) is 5.75 Å². The molecule has 0 aliphatic carbocycles. The number of nitrogens with zero attached hydrogens (tertiary/aromatic N) is 2. The van der Waals surface area contributed by atoms with Crippen LogP contribution in [0.15, 0.2) is 35.5 Å². The summed E-state index contributed by atoms with van der Waals surface area (Å²) in [4.78, 5) is 10.5. The van der Waals surface area contributed by atoms with E-state index in [1.807, 2.05) is 31.3 Å². The average molecular weight is 361 g/mol. The topological polar surface area (TPSA) is 58.5 Å². The Hall–Kier alpha value is -2.08. The molecule has 5 nitrogen and oxygen atoms in total. The Bertz CT molecular complexity index is 669. The third-order valence-electron chi connectivity index (χ3n) is 3.61. The lowest BCUT2D eigenvalue weighted by atomic mass is 10.2. The lowest BCUT2D eigenvalue weighted by Gasteiger charge is -2.12. The summed E-state index contributed by atoms with van der Waals surface area (Å²) >= 11 is 1.79. The second kappa shape index (κ2) is 10.7. The molecule has 2 rings (SSSR count). The Morgan fingerprint density at radius 3 is 2.76 bits per heavy atom. The Labute approximate surface area is 154 Å². The zero-order valence-electron chi connectivity index (χ0n) is 15.3. The zero-order valence-corrected chi connectivity index (χ0v) is 16.2. The third kappa shape index (κ3) is 6.38. The third-order valence-corrected chi connectivity index (χ3v) is 4.81. The number of benzene rings is 1. The van der Waals surface area contributed by atoms with E-state index >= 15 is 0 Å². The summed E-state index contributed by atoms with van der Waals surface area (Å²) in [6, 6.07) is 8.05. The van der Waals surface area contributed by atoms with Crippen molar-refractivity contribution in [3.63, 3.8) is 0 Å². The number of para-hydroxylation sites is 1. The highest BCUT2D eigenvalue weighted by molar-refractivity contribution is 7.11. The molecule has 0 atom stereocenters. The summed E-state index contributed by atoms with van der Waals surface area (Å²) in [7, 11) is 0. The van der Waals surface area contributed by atoms with E-state index in [-0.39, 0.29) is 0 Å². The number of nitrogens with one attached hydrogen (secondary N) is 2. The number of aryl methyl sites for hydroxylation is 1. The van der Waals surface area contributed by atoms with Gasteiger partial charge < -0.3 is 15.4 Å². The number of ether oxygens (including phenoxy) is 1. The first-order valence-electron chi connectivity index (χ1n) is 8.93. The van der Waals surface area contributed by atoms with Gasteiger partial charge in [-0.3, -0.25) is 0 Å². The van der Waals surface area contributed by atoms with Gasteiger partial charge in [0.05, 0.1) is 18.2 Å². The normalized spacial score (nSPS) is 11.4. The number of aromatic nitrogens is 1. The van der Waals surface area contributed by atoms with E-state index in [1.54, 1.807) is 11.3 Å². The summed E-state index contributed by atoms with van der Waals surface area (Å²) in [6.07, 6.45) is 3.93. The van der Waals surface area contributed by atoms with Gasteiger partial charge >= 0.3 is 0 Å². The van der Waals surface area contributed by atoms with Crippen molar-refractivity contribution in [2.45, 2.75) is 40.2 Å². The van der Waals surface area contributed by atoms with Crippen molar-refractivity contribution in [2.75, 3.05) is 19.7 Å². The summed E-state index contributed by atoms with van der Waals surface area (Å²) in [5.41, 5.74) is 1.09. The molecule has 0 bridgehead atoms. The minimum atomic E-state index is 0.586. The van der Waals surface area contributed by atoms with Crippen molar-refractivity contribution in [2.24, 2.45) is 4.99 Å². The lowest BCUT2D eigenvalue weighted by molar-refractivity contribution is 0.336. The van der Waals surface area contributed by atoms with Crippen LogP contribution in [0, 0.1) is 0 Å². The molecule has 1 aromatic heterocycles. The van der Waals surface area contributed by atoms with Crippen molar-refractivity contribution in [1.82, 2.24) is 15.6 Å². The van der Waals surface area contributed by atoms with Crippen LogP contribution in [-0.4, -0.2) is 30.6 Å². The van der Waals surface area contributed by atoms with Crippen molar-refractivity contribution in [1.29, 1.82) is 0 Å². The molecule has 1 aromatic carbocycles. The van der Waals surface area contributed by atoms with Gasteiger partial charge in [-0.2, -0.15) is 0 Å². The van der Waals surface area contributed by atoms with Crippen molar-refractivity contribution in [3.05, 3.63) is 45.9 Å². The van der Waals surface area contributed by atoms with Crippen LogP contribution >= 0.6 is 11.3 Å². The fraction of sp³-hybridized carbons (Fsp3) is 0.474. The molecule has 0 aliphatic rings. The predicted molar refractivity (Wildman–Crippen MR) is 106 cm³/mol. The first-order valence-corrected chi connectivity index (χ1v) is 9.74. The quantitative estimate of drug-likeness (QED) is 0.531. The van der Waals surface area contributed by atoms with Crippen LogP contribution in [0.4, 0.5) is 0 Å². The van der Waals surface area contributed by atoms with Gasteiger partial charge in [-0.15, -0.1) is 11.3 Å². The van der Waals surface area contributed by atoms with Gasteiger partial charge in [0, 0.05) is 36.1 Å². The van der Waals surface area contributed by atoms with Crippen LogP contribution in [0.5, 0.6) is 5.75 Å². The molecular formula is C19H28N4OS. The van der Waals surface area contributed by atoms with Gasteiger partial charge in [-0.05, 0) is 26.3 Å². The van der Waals surface area contributed by atoms with Gasteiger partial charge in [-0.25, -0.2) is 9.98 Å². The van der Waals surface area contributed by atoms with Crippen LogP contribution in [0.2, 0.25) is 0 Å². The maximum absolute atomic E-state index is 5.66. The van der Waals surface area contributed by atoms with Gasteiger partial charge in [0.15, 0.2) is 5.96 Å². The molecule has 0 saturated carbocycles. The smallest absolute Gasteiger partial charge is 0.191 e. The van der Waals surface area contributed by atoms with E-state index in [4.69, 9.17) is 4.74 Å². The van der Waals surface area contributed by atoms with E-state index in [1.165, 1.54) is 9.88 Å². The molecule has 6 heteroatoms. The largest absolute Gasteiger partial charge is 0.494 e. The number of aliphatic imine (C=N–C) groups is 1. The Balaban J connectivity index is 1.91.